The third-order valence-electron chi connectivity index (χ3n) is 4.72. The normalized spacial score (nSPS) is 33.1. The minimum atomic E-state index is 0.716. The molecule has 2 saturated carbocycles. The van der Waals surface area contributed by atoms with Crippen LogP contribution in [0.1, 0.15) is 50.5 Å². The largest absolute Gasteiger partial charge is 0.311 e. The fourth-order valence-electron chi connectivity index (χ4n) is 3.60. The molecule has 1 aromatic rings. The first-order valence-electron chi connectivity index (χ1n) is 7.87. The van der Waals surface area contributed by atoms with Crippen LogP contribution in [0.2, 0.25) is 5.02 Å². The van der Waals surface area contributed by atoms with Crippen LogP contribution in [0.4, 0.5) is 0 Å². The van der Waals surface area contributed by atoms with E-state index in [4.69, 9.17) is 11.6 Å². The Hall–Kier alpha value is -0.180. The van der Waals surface area contributed by atoms with Crippen LogP contribution in [0.25, 0.3) is 0 Å². The number of hydrogen-bond acceptors (Lipinski definition) is 2. The second kappa shape index (κ2) is 6.72. The fourth-order valence-corrected chi connectivity index (χ4v) is 4.94. The van der Waals surface area contributed by atoms with Crippen LogP contribution < -0.4 is 5.32 Å². The van der Waals surface area contributed by atoms with Crippen molar-refractivity contribution >= 4 is 23.4 Å². The SMILES string of the molecule is CCSC1CCC(NC2CC(c3cccc(Cl)c3)C2)C1. The Morgan fingerprint density at radius 2 is 2.05 bits per heavy atom. The van der Waals surface area contributed by atoms with Crippen LogP contribution in [0, 0.1) is 0 Å². The Bertz CT molecular complexity index is 444. The van der Waals surface area contributed by atoms with Crippen LogP contribution in [0.3, 0.4) is 0 Å². The van der Waals surface area contributed by atoms with E-state index in [0.29, 0.717) is 5.92 Å². The summed E-state index contributed by atoms with van der Waals surface area (Å²) in [5.41, 5.74) is 1.42. The average Bonchev–Trinajstić information content (AvgIpc) is 2.81. The van der Waals surface area contributed by atoms with Crippen LogP contribution in [0.5, 0.6) is 0 Å². The second-order valence-electron chi connectivity index (χ2n) is 6.17. The van der Waals surface area contributed by atoms with Crippen LogP contribution >= 0.6 is 23.4 Å². The third kappa shape index (κ3) is 3.52. The van der Waals surface area contributed by atoms with E-state index in [1.165, 1.54) is 43.4 Å². The first-order chi connectivity index (χ1) is 9.74. The number of halogens is 1. The standard InChI is InChI=1S/C17H24ClNS/c1-2-20-17-7-6-15(11-17)19-16-9-13(10-16)12-4-3-5-14(18)8-12/h3-5,8,13,15-17,19H,2,6-7,9-11H2,1H3. The molecule has 1 nitrogen and oxygen atoms in total. The van der Waals surface area contributed by atoms with Gasteiger partial charge in [0.15, 0.2) is 0 Å². The maximum absolute atomic E-state index is 6.07. The molecule has 2 aliphatic carbocycles. The molecular formula is C17H24ClNS. The maximum Gasteiger partial charge on any atom is 0.0408 e. The lowest BCUT2D eigenvalue weighted by Gasteiger charge is -2.38. The molecule has 2 unspecified atom stereocenters. The smallest absolute Gasteiger partial charge is 0.0408 e. The van der Waals surface area contributed by atoms with E-state index in [1.54, 1.807) is 0 Å². The highest BCUT2D eigenvalue weighted by Crippen LogP contribution is 2.39. The minimum Gasteiger partial charge on any atom is -0.311 e. The van der Waals surface area contributed by atoms with E-state index in [1.807, 2.05) is 6.07 Å². The summed E-state index contributed by atoms with van der Waals surface area (Å²) in [6.07, 6.45) is 6.71. The zero-order valence-corrected chi connectivity index (χ0v) is 13.7. The molecule has 0 spiro atoms. The van der Waals surface area contributed by atoms with Gasteiger partial charge in [0.1, 0.15) is 0 Å². The van der Waals surface area contributed by atoms with Crippen molar-refractivity contribution in [2.75, 3.05) is 5.75 Å². The van der Waals surface area contributed by atoms with Gasteiger partial charge in [-0.25, -0.2) is 0 Å². The Balaban J connectivity index is 1.43. The van der Waals surface area contributed by atoms with Gasteiger partial charge >= 0.3 is 0 Å². The number of hydrogen-bond donors (Lipinski definition) is 1. The lowest BCUT2D eigenvalue weighted by Crippen LogP contribution is -2.44. The van der Waals surface area contributed by atoms with Gasteiger partial charge in [-0.1, -0.05) is 30.7 Å². The summed E-state index contributed by atoms with van der Waals surface area (Å²) in [6.45, 7) is 2.27. The Kier molecular flexibility index (Phi) is 4.95. The Morgan fingerprint density at radius 1 is 1.20 bits per heavy atom. The predicted octanol–water partition coefficient (Wildman–Crippen LogP) is 4.85. The molecule has 0 heterocycles. The van der Waals surface area contributed by atoms with Gasteiger partial charge in [0, 0.05) is 22.4 Å². The van der Waals surface area contributed by atoms with Crippen molar-refractivity contribution in [2.45, 2.75) is 62.3 Å². The summed E-state index contributed by atoms with van der Waals surface area (Å²) in [5, 5.41) is 5.65. The zero-order valence-electron chi connectivity index (χ0n) is 12.1. The molecule has 1 N–H and O–H groups in total. The van der Waals surface area contributed by atoms with E-state index in [-0.39, 0.29) is 0 Å². The summed E-state index contributed by atoms with van der Waals surface area (Å²) in [7, 11) is 0. The van der Waals surface area contributed by atoms with Gasteiger partial charge in [0.05, 0.1) is 0 Å². The van der Waals surface area contributed by atoms with Crippen molar-refractivity contribution in [3.8, 4) is 0 Å². The first-order valence-corrected chi connectivity index (χ1v) is 9.30. The molecule has 2 atom stereocenters. The molecule has 2 aliphatic rings. The molecule has 0 radical (unpaired) electrons. The Labute approximate surface area is 131 Å². The topological polar surface area (TPSA) is 12.0 Å². The lowest BCUT2D eigenvalue weighted by molar-refractivity contribution is 0.265. The molecule has 20 heavy (non-hydrogen) atoms. The van der Waals surface area contributed by atoms with E-state index in [9.17, 15) is 0 Å². The highest BCUT2D eigenvalue weighted by atomic mass is 35.5. The van der Waals surface area contributed by atoms with Gasteiger partial charge in [-0.05, 0) is 61.5 Å². The van der Waals surface area contributed by atoms with E-state index < -0.39 is 0 Å². The van der Waals surface area contributed by atoms with Gasteiger partial charge in [0.2, 0.25) is 0 Å². The summed E-state index contributed by atoms with van der Waals surface area (Å²) in [5.74, 6) is 1.98. The summed E-state index contributed by atoms with van der Waals surface area (Å²) >= 11 is 8.21. The average molecular weight is 310 g/mol. The van der Waals surface area contributed by atoms with Gasteiger partial charge < -0.3 is 5.32 Å². The van der Waals surface area contributed by atoms with Crippen molar-refractivity contribution in [1.29, 1.82) is 0 Å². The second-order valence-corrected chi connectivity index (χ2v) is 8.19. The van der Waals surface area contributed by atoms with Crippen LogP contribution in [0.15, 0.2) is 24.3 Å². The number of thioether (sulfide) groups is 1. The van der Waals surface area contributed by atoms with E-state index in [2.05, 4.69) is 42.2 Å². The van der Waals surface area contributed by atoms with Gasteiger partial charge in [-0.3, -0.25) is 0 Å². The first kappa shape index (κ1) is 14.7. The molecule has 0 saturated heterocycles. The monoisotopic (exact) mass is 309 g/mol. The summed E-state index contributed by atoms with van der Waals surface area (Å²) < 4.78 is 0. The molecule has 0 aromatic heterocycles. The van der Waals surface area contributed by atoms with E-state index >= 15 is 0 Å². The number of rotatable bonds is 5. The van der Waals surface area contributed by atoms with Crippen molar-refractivity contribution in [2.24, 2.45) is 0 Å². The Morgan fingerprint density at radius 3 is 2.80 bits per heavy atom. The number of nitrogens with one attached hydrogen (secondary N) is 1. The summed E-state index contributed by atoms with van der Waals surface area (Å²) in [4.78, 5) is 0. The predicted molar refractivity (Wildman–Crippen MR) is 89.9 cm³/mol. The molecule has 110 valence electrons. The van der Waals surface area contributed by atoms with Gasteiger partial charge in [0.25, 0.3) is 0 Å². The fraction of sp³-hybridized carbons (Fsp3) is 0.647. The zero-order chi connectivity index (χ0) is 13.9. The minimum absolute atomic E-state index is 0.716. The van der Waals surface area contributed by atoms with Crippen molar-refractivity contribution in [3.05, 3.63) is 34.9 Å². The van der Waals surface area contributed by atoms with E-state index in [0.717, 1.165) is 22.4 Å². The molecule has 1 aromatic carbocycles. The summed E-state index contributed by atoms with van der Waals surface area (Å²) in [6, 6.07) is 9.88. The molecule has 0 amide bonds. The molecule has 3 rings (SSSR count). The molecular weight excluding hydrogens is 286 g/mol. The molecule has 2 fully saturated rings. The molecule has 3 heteroatoms. The molecule has 0 aliphatic heterocycles. The van der Waals surface area contributed by atoms with Crippen molar-refractivity contribution < 1.29 is 0 Å². The van der Waals surface area contributed by atoms with Crippen molar-refractivity contribution in [3.63, 3.8) is 0 Å². The highest BCUT2D eigenvalue weighted by molar-refractivity contribution is 7.99. The van der Waals surface area contributed by atoms with Crippen LogP contribution in [-0.4, -0.2) is 23.1 Å². The third-order valence-corrected chi connectivity index (χ3v) is 6.18. The van der Waals surface area contributed by atoms with Crippen molar-refractivity contribution in [1.82, 2.24) is 5.32 Å². The maximum atomic E-state index is 6.07. The number of benzene rings is 1. The highest BCUT2D eigenvalue weighted by Gasteiger charge is 2.33. The lowest BCUT2D eigenvalue weighted by atomic mass is 9.75. The quantitative estimate of drug-likeness (QED) is 0.834. The molecule has 0 bridgehead atoms. The van der Waals surface area contributed by atoms with Gasteiger partial charge in [-0.15, -0.1) is 0 Å². The van der Waals surface area contributed by atoms with Crippen LogP contribution in [-0.2, 0) is 0 Å². The van der Waals surface area contributed by atoms with Gasteiger partial charge in [-0.2, -0.15) is 11.8 Å².